The molecule has 29 heavy (non-hydrogen) atoms. The van der Waals surface area contributed by atoms with E-state index in [0.717, 1.165) is 18.4 Å². The Morgan fingerprint density at radius 3 is 2.24 bits per heavy atom. The molecule has 1 fully saturated rings. The number of hydrogen-bond acceptors (Lipinski definition) is 3. The minimum absolute atomic E-state index is 0.187. The van der Waals surface area contributed by atoms with Crippen LogP contribution in [0, 0.1) is 0 Å². The zero-order valence-corrected chi connectivity index (χ0v) is 16.5. The molecule has 0 unspecified atom stereocenters. The van der Waals surface area contributed by atoms with Gasteiger partial charge in [-0.2, -0.15) is 0 Å². The normalized spacial score (nSPS) is 14.2. The molecule has 3 N–H and O–H groups in total. The van der Waals surface area contributed by atoms with Gasteiger partial charge in [0.15, 0.2) is 0 Å². The van der Waals surface area contributed by atoms with E-state index in [9.17, 15) is 14.4 Å². The van der Waals surface area contributed by atoms with Gasteiger partial charge in [0.1, 0.15) is 6.04 Å². The van der Waals surface area contributed by atoms with Gasteiger partial charge in [0, 0.05) is 37.8 Å². The van der Waals surface area contributed by atoms with Gasteiger partial charge < -0.3 is 20.9 Å². The SMILES string of the molecule is CC(=O)Nc1cccc(NC(=O)[C@@H](Cc2ccccc2)NC(=O)N2CCCC2)c1. The number of urea groups is 1. The molecule has 3 rings (SSSR count). The third-order valence-corrected chi connectivity index (χ3v) is 4.74. The number of carbonyl (C=O) groups excluding carboxylic acids is 3. The molecule has 152 valence electrons. The third kappa shape index (κ3) is 6.07. The maximum absolute atomic E-state index is 13.0. The highest BCUT2D eigenvalue weighted by molar-refractivity contribution is 5.98. The van der Waals surface area contributed by atoms with Crippen molar-refractivity contribution >= 4 is 29.2 Å². The molecule has 1 aliphatic heterocycles. The molecule has 1 heterocycles. The summed E-state index contributed by atoms with van der Waals surface area (Å²) in [5, 5.41) is 8.42. The van der Waals surface area contributed by atoms with E-state index in [2.05, 4.69) is 16.0 Å². The minimum atomic E-state index is -0.713. The summed E-state index contributed by atoms with van der Waals surface area (Å²) in [6.45, 7) is 2.85. The van der Waals surface area contributed by atoms with Crippen LogP contribution in [0.15, 0.2) is 54.6 Å². The van der Waals surface area contributed by atoms with E-state index >= 15 is 0 Å². The first-order chi connectivity index (χ1) is 14.0. The summed E-state index contributed by atoms with van der Waals surface area (Å²) in [6.07, 6.45) is 2.36. The number of amides is 4. The third-order valence-electron chi connectivity index (χ3n) is 4.74. The predicted molar refractivity (Wildman–Crippen MR) is 113 cm³/mol. The Balaban J connectivity index is 1.72. The maximum Gasteiger partial charge on any atom is 0.318 e. The number of rotatable bonds is 6. The second-order valence-corrected chi connectivity index (χ2v) is 7.14. The van der Waals surface area contributed by atoms with Crippen LogP contribution in [0.2, 0.25) is 0 Å². The summed E-state index contributed by atoms with van der Waals surface area (Å²) in [5.74, 6) is -0.491. The first kappa shape index (κ1) is 20.4. The number of likely N-dealkylation sites (tertiary alicyclic amines) is 1. The molecule has 1 saturated heterocycles. The highest BCUT2D eigenvalue weighted by Gasteiger charge is 2.25. The summed E-state index contributed by atoms with van der Waals surface area (Å²) in [5.41, 5.74) is 2.10. The van der Waals surface area contributed by atoms with Crippen LogP contribution >= 0.6 is 0 Å². The lowest BCUT2D eigenvalue weighted by molar-refractivity contribution is -0.118. The molecule has 0 bridgehead atoms. The number of benzene rings is 2. The van der Waals surface area contributed by atoms with E-state index in [1.807, 2.05) is 30.3 Å². The summed E-state index contributed by atoms with van der Waals surface area (Å²) in [4.78, 5) is 38.5. The summed E-state index contributed by atoms with van der Waals surface area (Å²) in [7, 11) is 0. The van der Waals surface area contributed by atoms with Gasteiger partial charge in [0.25, 0.3) is 0 Å². The van der Waals surface area contributed by atoms with E-state index in [0.29, 0.717) is 30.9 Å². The number of hydrogen-bond donors (Lipinski definition) is 3. The van der Waals surface area contributed by atoms with Gasteiger partial charge >= 0.3 is 6.03 Å². The summed E-state index contributed by atoms with van der Waals surface area (Å²) >= 11 is 0. The number of nitrogens with zero attached hydrogens (tertiary/aromatic N) is 1. The highest BCUT2D eigenvalue weighted by Crippen LogP contribution is 2.16. The average Bonchev–Trinajstić information content (AvgIpc) is 3.23. The van der Waals surface area contributed by atoms with E-state index < -0.39 is 6.04 Å². The lowest BCUT2D eigenvalue weighted by Gasteiger charge is -2.23. The second kappa shape index (κ2) is 9.73. The number of anilines is 2. The Labute approximate surface area is 170 Å². The summed E-state index contributed by atoms with van der Waals surface area (Å²) < 4.78 is 0. The van der Waals surface area contributed by atoms with Crippen molar-refractivity contribution in [2.24, 2.45) is 0 Å². The van der Waals surface area contributed by atoms with Crippen molar-refractivity contribution in [1.29, 1.82) is 0 Å². The first-order valence-corrected chi connectivity index (χ1v) is 9.79. The molecule has 7 heteroatoms. The lowest BCUT2D eigenvalue weighted by atomic mass is 10.1. The van der Waals surface area contributed by atoms with Crippen molar-refractivity contribution in [1.82, 2.24) is 10.2 Å². The second-order valence-electron chi connectivity index (χ2n) is 7.14. The fraction of sp³-hybridized carbons (Fsp3) is 0.318. The van der Waals surface area contributed by atoms with Crippen LogP contribution in [-0.4, -0.2) is 41.9 Å². The molecule has 1 atom stereocenters. The van der Waals surface area contributed by atoms with Crippen molar-refractivity contribution in [3.8, 4) is 0 Å². The van der Waals surface area contributed by atoms with Gasteiger partial charge in [0.2, 0.25) is 11.8 Å². The molecule has 2 aromatic carbocycles. The van der Waals surface area contributed by atoms with Crippen LogP contribution in [0.5, 0.6) is 0 Å². The molecular formula is C22H26N4O3. The zero-order valence-electron chi connectivity index (χ0n) is 16.5. The molecule has 0 aromatic heterocycles. The standard InChI is InChI=1S/C22H26N4O3/c1-16(27)23-18-10-7-11-19(15-18)24-21(28)20(14-17-8-3-2-4-9-17)25-22(29)26-12-5-6-13-26/h2-4,7-11,15,20H,5-6,12-14H2,1H3,(H,23,27)(H,24,28)(H,25,29)/t20-/m1/s1. The molecule has 0 radical (unpaired) electrons. The quantitative estimate of drug-likeness (QED) is 0.703. The predicted octanol–water partition coefficient (Wildman–Crippen LogP) is 3.00. The van der Waals surface area contributed by atoms with E-state index in [4.69, 9.17) is 0 Å². The maximum atomic E-state index is 13.0. The van der Waals surface area contributed by atoms with Crippen molar-refractivity contribution in [3.05, 3.63) is 60.2 Å². The Morgan fingerprint density at radius 2 is 1.59 bits per heavy atom. The van der Waals surface area contributed by atoms with Crippen molar-refractivity contribution in [3.63, 3.8) is 0 Å². The van der Waals surface area contributed by atoms with Crippen molar-refractivity contribution in [2.75, 3.05) is 23.7 Å². The van der Waals surface area contributed by atoms with Crippen LogP contribution in [0.4, 0.5) is 16.2 Å². The van der Waals surface area contributed by atoms with Gasteiger partial charge in [-0.05, 0) is 36.6 Å². The zero-order chi connectivity index (χ0) is 20.6. The van der Waals surface area contributed by atoms with Gasteiger partial charge in [-0.3, -0.25) is 9.59 Å². The monoisotopic (exact) mass is 394 g/mol. The lowest BCUT2D eigenvalue weighted by Crippen LogP contribution is -2.49. The van der Waals surface area contributed by atoms with Crippen molar-refractivity contribution in [2.45, 2.75) is 32.2 Å². The minimum Gasteiger partial charge on any atom is -0.326 e. The fourth-order valence-corrected chi connectivity index (χ4v) is 3.33. The highest BCUT2D eigenvalue weighted by atomic mass is 16.2. The van der Waals surface area contributed by atoms with Gasteiger partial charge in [-0.1, -0.05) is 36.4 Å². The molecule has 2 aromatic rings. The summed E-state index contributed by atoms with van der Waals surface area (Å²) in [6, 6.07) is 15.6. The molecular weight excluding hydrogens is 368 g/mol. The molecule has 1 aliphatic rings. The van der Waals surface area contributed by atoms with Crippen LogP contribution in [0.3, 0.4) is 0 Å². The Hall–Kier alpha value is -3.35. The Bertz CT molecular complexity index is 863. The smallest absolute Gasteiger partial charge is 0.318 e. The molecule has 7 nitrogen and oxygen atoms in total. The molecule has 0 saturated carbocycles. The van der Waals surface area contributed by atoms with Gasteiger partial charge in [-0.15, -0.1) is 0 Å². The van der Waals surface area contributed by atoms with Crippen LogP contribution in [0.1, 0.15) is 25.3 Å². The van der Waals surface area contributed by atoms with E-state index in [-0.39, 0.29) is 17.8 Å². The average molecular weight is 394 g/mol. The van der Waals surface area contributed by atoms with Gasteiger partial charge in [-0.25, -0.2) is 4.79 Å². The van der Waals surface area contributed by atoms with Crippen LogP contribution in [0.25, 0.3) is 0 Å². The van der Waals surface area contributed by atoms with E-state index in [1.54, 1.807) is 29.2 Å². The fourth-order valence-electron chi connectivity index (χ4n) is 3.33. The Kier molecular flexibility index (Phi) is 6.84. The topological polar surface area (TPSA) is 90.5 Å². The molecule has 0 aliphatic carbocycles. The van der Waals surface area contributed by atoms with Gasteiger partial charge in [0.05, 0.1) is 0 Å². The first-order valence-electron chi connectivity index (χ1n) is 9.79. The molecule has 4 amide bonds. The van der Waals surface area contributed by atoms with Crippen LogP contribution < -0.4 is 16.0 Å². The molecule has 0 spiro atoms. The number of carbonyl (C=O) groups is 3. The Morgan fingerprint density at radius 1 is 0.931 bits per heavy atom. The number of nitrogens with one attached hydrogen (secondary N) is 3. The van der Waals surface area contributed by atoms with Crippen molar-refractivity contribution < 1.29 is 14.4 Å². The largest absolute Gasteiger partial charge is 0.326 e. The van der Waals surface area contributed by atoms with E-state index in [1.165, 1.54) is 6.92 Å². The van der Waals surface area contributed by atoms with Crippen LogP contribution in [-0.2, 0) is 16.0 Å².